The summed E-state index contributed by atoms with van der Waals surface area (Å²) in [6.07, 6.45) is 0.509. The Hall–Kier alpha value is -3.46. The van der Waals surface area contributed by atoms with Crippen molar-refractivity contribution < 1.29 is 17.9 Å². The van der Waals surface area contributed by atoms with Crippen LogP contribution in [-0.2, 0) is 17.3 Å². The first-order chi connectivity index (χ1) is 14.8. The number of halogens is 3. The summed E-state index contributed by atoms with van der Waals surface area (Å²) in [5.74, 6) is -3.57. The van der Waals surface area contributed by atoms with Crippen LogP contribution in [0.4, 0.5) is 24.7 Å². The Balaban J connectivity index is 1.97. The predicted molar refractivity (Wildman–Crippen MR) is 114 cm³/mol. The molecule has 6 nitrogen and oxygen atoms in total. The average Bonchev–Trinajstić information content (AvgIpc) is 3.15. The maximum Gasteiger partial charge on any atom is 0.308 e. The number of aromatic amines is 1. The number of hydrogen-bond donors (Lipinski definition) is 2. The van der Waals surface area contributed by atoms with Gasteiger partial charge in [0.05, 0.1) is 18.5 Å². The van der Waals surface area contributed by atoms with Gasteiger partial charge >= 0.3 is 5.92 Å². The fraction of sp³-hybridized carbons (Fsp3) is 0.227. The number of ether oxygens (including phenoxy) is 1. The molecule has 0 saturated carbocycles. The minimum Gasteiger partial charge on any atom is -0.383 e. The Morgan fingerprint density at radius 2 is 1.94 bits per heavy atom. The van der Waals surface area contributed by atoms with Crippen molar-refractivity contribution >= 4 is 23.6 Å². The number of rotatable bonds is 8. The monoisotopic (exact) mass is 429 g/mol. The number of aliphatic imine (C=N–C) groups is 2. The van der Waals surface area contributed by atoms with Crippen LogP contribution in [-0.4, -0.2) is 28.9 Å². The molecule has 0 aliphatic carbocycles. The molecular formula is C22H22F3N5O. The Bertz CT molecular complexity index is 1090. The van der Waals surface area contributed by atoms with Crippen molar-refractivity contribution in [1.82, 2.24) is 10.2 Å². The molecule has 2 aromatic carbocycles. The minimum absolute atomic E-state index is 0.0757. The molecular weight excluding hydrogens is 407 g/mol. The molecule has 3 aromatic rings. The largest absolute Gasteiger partial charge is 0.383 e. The van der Waals surface area contributed by atoms with Gasteiger partial charge in [0.15, 0.2) is 5.82 Å². The summed E-state index contributed by atoms with van der Waals surface area (Å²) in [7, 11) is 0. The standard InChI is InChI=1S/C22H22F3N5O/c1-3-31-12-15-4-9-18(21(26)28-20-10-14(2)29-30-20)19(11-15)27-13-22(24,25)16-5-7-17(23)8-6-16/h4-11,13H,3,12H2,1-2H3,(H3,26,28,29,30). The second-order valence-corrected chi connectivity index (χ2v) is 6.78. The van der Waals surface area contributed by atoms with Crippen LogP contribution in [0.3, 0.4) is 0 Å². The van der Waals surface area contributed by atoms with Crippen molar-refractivity contribution in [2.75, 3.05) is 6.61 Å². The van der Waals surface area contributed by atoms with E-state index in [-0.39, 0.29) is 17.1 Å². The summed E-state index contributed by atoms with van der Waals surface area (Å²) < 4.78 is 47.6. The molecule has 3 N–H and O–H groups in total. The van der Waals surface area contributed by atoms with Gasteiger partial charge < -0.3 is 10.5 Å². The predicted octanol–water partition coefficient (Wildman–Crippen LogP) is 4.93. The molecule has 162 valence electrons. The number of H-pyrrole nitrogens is 1. The lowest BCUT2D eigenvalue weighted by Gasteiger charge is -2.13. The van der Waals surface area contributed by atoms with Gasteiger partial charge in [0.25, 0.3) is 0 Å². The second kappa shape index (κ2) is 9.57. The molecule has 0 spiro atoms. The van der Waals surface area contributed by atoms with Crippen molar-refractivity contribution in [1.29, 1.82) is 0 Å². The number of hydrogen-bond acceptors (Lipinski definition) is 4. The van der Waals surface area contributed by atoms with Gasteiger partial charge in [0.2, 0.25) is 0 Å². The van der Waals surface area contributed by atoms with Crippen LogP contribution >= 0.6 is 0 Å². The van der Waals surface area contributed by atoms with Crippen LogP contribution in [0.5, 0.6) is 0 Å². The summed E-state index contributed by atoms with van der Waals surface area (Å²) in [6, 6.07) is 10.7. The number of nitrogens with zero attached hydrogens (tertiary/aromatic N) is 3. The number of aromatic nitrogens is 2. The third kappa shape index (κ3) is 5.79. The quantitative estimate of drug-likeness (QED) is 0.393. The molecule has 0 fully saturated rings. The summed E-state index contributed by atoms with van der Waals surface area (Å²) >= 11 is 0. The zero-order chi connectivity index (χ0) is 22.4. The number of nitrogens with two attached hydrogens (primary N) is 1. The lowest BCUT2D eigenvalue weighted by Crippen LogP contribution is -2.16. The summed E-state index contributed by atoms with van der Waals surface area (Å²) in [6.45, 7) is 4.47. The third-order valence-electron chi connectivity index (χ3n) is 4.33. The fourth-order valence-corrected chi connectivity index (χ4v) is 2.75. The number of amidine groups is 1. The van der Waals surface area contributed by atoms with E-state index in [0.29, 0.717) is 30.8 Å². The van der Waals surface area contributed by atoms with Gasteiger partial charge in [0, 0.05) is 29.5 Å². The van der Waals surface area contributed by atoms with E-state index in [1.165, 1.54) is 0 Å². The van der Waals surface area contributed by atoms with E-state index < -0.39 is 11.7 Å². The number of benzene rings is 2. The zero-order valence-electron chi connectivity index (χ0n) is 17.1. The van der Waals surface area contributed by atoms with Gasteiger partial charge in [-0.25, -0.2) is 9.38 Å². The molecule has 31 heavy (non-hydrogen) atoms. The number of alkyl halides is 2. The van der Waals surface area contributed by atoms with E-state index in [1.54, 1.807) is 24.3 Å². The van der Waals surface area contributed by atoms with Crippen LogP contribution in [0.15, 0.2) is 58.5 Å². The number of aryl methyl sites for hydroxylation is 1. The van der Waals surface area contributed by atoms with Crippen LogP contribution in [0.25, 0.3) is 0 Å². The van der Waals surface area contributed by atoms with Crippen molar-refractivity contribution in [3.05, 3.63) is 76.7 Å². The highest BCUT2D eigenvalue weighted by atomic mass is 19.3. The van der Waals surface area contributed by atoms with Crippen LogP contribution in [0, 0.1) is 12.7 Å². The Labute approximate surface area is 177 Å². The molecule has 1 aromatic heterocycles. The molecule has 9 heteroatoms. The van der Waals surface area contributed by atoms with E-state index in [2.05, 4.69) is 20.2 Å². The molecule has 0 bridgehead atoms. The van der Waals surface area contributed by atoms with Crippen molar-refractivity contribution in [3.8, 4) is 0 Å². The van der Waals surface area contributed by atoms with Crippen molar-refractivity contribution in [2.24, 2.45) is 15.7 Å². The van der Waals surface area contributed by atoms with Gasteiger partial charge in [-0.15, -0.1) is 0 Å². The molecule has 0 aliphatic heterocycles. The Morgan fingerprint density at radius 3 is 2.58 bits per heavy atom. The lowest BCUT2D eigenvalue weighted by molar-refractivity contribution is 0.0820. The molecule has 0 amide bonds. The van der Waals surface area contributed by atoms with Gasteiger partial charge in [-0.2, -0.15) is 13.9 Å². The highest BCUT2D eigenvalue weighted by Crippen LogP contribution is 2.29. The van der Waals surface area contributed by atoms with E-state index in [1.807, 2.05) is 13.8 Å². The van der Waals surface area contributed by atoms with Gasteiger partial charge in [-0.05, 0) is 55.8 Å². The lowest BCUT2D eigenvalue weighted by atomic mass is 10.1. The Kier molecular flexibility index (Phi) is 6.86. The first-order valence-corrected chi connectivity index (χ1v) is 9.55. The molecule has 1 heterocycles. The Morgan fingerprint density at radius 1 is 1.19 bits per heavy atom. The first-order valence-electron chi connectivity index (χ1n) is 9.55. The molecule has 0 aliphatic rings. The van der Waals surface area contributed by atoms with Gasteiger partial charge in [0.1, 0.15) is 11.7 Å². The highest BCUT2D eigenvalue weighted by Gasteiger charge is 2.29. The summed E-state index contributed by atoms with van der Waals surface area (Å²) in [5.41, 5.74) is 7.85. The minimum atomic E-state index is -3.41. The van der Waals surface area contributed by atoms with Crippen molar-refractivity contribution in [2.45, 2.75) is 26.4 Å². The molecule has 0 radical (unpaired) electrons. The maximum atomic E-state index is 14.6. The van der Waals surface area contributed by atoms with Gasteiger partial charge in [-0.3, -0.25) is 10.1 Å². The van der Waals surface area contributed by atoms with E-state index in [4.69, 9.17) is 10.5 Å². The van der Waals surface area contributed by atoms with E-state index in [9.17, 15) is 13.2 Å². The van der Waals surface area contributed by atoms with Crippen LogP contribution in [0.2, 0.25) is 0 Å². The fourth-order valence-electron chi connectivity index (χ4n) is 2.75. The SMILES string of the molecule is CCOCc1ccc(C(N)=Nc2cc(C)[nH]n2)c(N=CC(F)(F)c2ccc(F)cc2)c1. The molecule has 3 rings (SSSR count). The normalized spacial score (nSPS) is 12.6. The molecule has 0 atom stereocenters. The highest BCUT2D eigenvalue weighted by molar-refractivity contribution is 6.03. The maximum absolute atomic E-state index is 14.6. The average molecular weight is 429 g/mol. The molecule has 0 saturated heterocycles. The topological polar surface area (TPSA) is 88.6 Å². The van der Waals surface area contributed by atoms with E-state index >= 15 is 0 Å². The van der Waals surface area contributed by atoms with E-state index in [0.717, 1.165) is 35.5 Å². The summed E-state index contributed by atoms with van der Waals surface area (Å²) in [5, 5.41) is 6.75. The van der Waals surface area contributed by atoms with Crippen LogP contribution < -0.4 is 5.73 Å². The first kappa shape index (κ1) is 22.2. The summed E-state index contributed by atoms with van der Waals surface area (Å²) in [4.78, 5) is 8.23. The smallest absolute Gasteiger partial charge is 0.308 e. The third-order valence-corrected chi connectivity index (χ3v) is 4.33. The van der Waals surface area contributed by atoms with Crippen molar-refractivity contribution in [3.63, 3.8) is 0 Å². The van der Waals surface area contributed by atoms with Crippen LogP contribution in [0.1, 0.15) is 29.3 Å². The number of nitrogens with one attached hydrogen (secondary N) is 1. The second-order valence-electron chi connectivity index (χ2n) is 6.78. The van der Waals surface area contributed by atoms with Gasteiger partial charge in [-0.1, -0.05) is 6.07 Å². The zero-order valence-corrected chi connectivity index (χ0v) is 17.1. The molecule has 0 unspecified atom stereocenters.